The third kappa shape index (κ3) is 3.69. The molecule has 0 radical (unpaired) electrons. The standard InChI is InChI=1S/C17H14BrN5O/c18-13-8-4-5-9-14(13)22-16-12(15(19)24)10-20-17(23-16)21-11-6-2-1-3-7-11/h1-10H,(H2,19,24)(H2,20,21,22,23). The van der Waals surface area contributed by atoms with Gasteiger partial charge in [0.1, 0.15) is 11.4 Å². The number of anilines is 4. The van der Waals surface area contributed by atoms with Gasteiger partial charge in [-0.25, -0.2) is 4.98 Å². The third-order valence-electron chi connectivity index (χ3n) is 3.21. The minimum absolute atomic E-state index is 0.212. The predicted molar refractivity (Wildman–Crippen MR) is 97.7 cm³/mol. The van der Waals surface area contributed by atoms with Crippen molar-refractivity contribution in [2.75, 3.05) is 10.6 Å². The van der Waals surface area contributed by atoms with Crippen LogP contribution in [0.25, 0.3) is 0 Å². The van der Waals surface area contributed by atoms with Gasteiger partial charge in [0.2, 0.25) is 5.95 Å². The first-order chi connectivity index (χ1) is 11.6. The van der Waals surface area contributed by atoms with E-state index < -0.39 is 5.91 Å². The summed E-state index contributed by atoms with van der Waals surface area (Å²) in [4.78, 5) is 20.2. The molecular weight excluding hydrogens is 370 g/mol. The van der Waals surface area contributed by atoms with Crippen molar-refractivity contribution in [3.8, 4) is 0 Å². The molecule has 120 valence electrons. The number of halogens is 1. The van der Waals surface area contributed by atoms with Crippen LogP contribution in [-0.4, -0.2) is 15.9 Å². The molecule has 1 aromatic heterocycles. The van der Waals surface area contributed by atoms with Gasteiger partial charge in [-0.05, 0) is 40.2 Å². The number of primary amides is 1. The monoisotopic (exact) mass is 383 g/mol. The van der Waals surface area contributed by atoms with E-state index in [-0.39, 0.29) is 5.56 Å². The summed E-state index contributed by atoms with van der Waals surface area (Å²) in [6, 6.07) is 17.0. The van der Waals surface area contributed by atoms with Crippen molar-refractivity contribution in [3.63, 3.8) is 0 Å². The number of amides is 1. The molecule has 0 aliphatic rings. The summed E-state index contributed by atoms with van der Waals surface area (Å²) in [6.45, 7) is 0. The van der Waals surface area contributed by atoms with E-state index in [4.69, 9.17) is 5.73 Å². The van der Waals surface area contributed by atoms with Crippen LogP contribution >= 0.6 is 15.9 Å². The number of nitrogens with one attached hydrogen (secondary N) is 2. The topological polar surface area (TPSA) is 92.9 Å². The molecule has 7 heteroatoms. The molecule has 6 nitrogen and oxygen atoms in total. The number of rotatable bonds is 5. The first-order valence-corrected chi connectivity index (χ1v) is 7.93. The molecule has 0 spiro atoms. The van der Waals surface area contributed by atoms with Gasteiger partial charge < -0.3 is 16.4 Å². The van der Waals surface area contributed by atoms with Gasteiger partial charge in [-0.15, -0.1) is 0 Å². The molecule has 2 aromatic carbocycles. The van der Waals surface area contributed by atoms with E-state index in [0.29, 0.717) is 11.8 Å². The third-order valence-corrected chi connectivity index (χ3v) is 3.90. The molecule has 1 amide bonds. The number of carbonyl (C=O) groups is 1. The van der Waals surface area contributed by atoms with Crippen LogP contribution in [0.4, 0.5) is 23.1 Å². The molecule has 0 aliphatic heterocycles. The van der Waals surface area contributed by atoms with Gasteiger partial charge in [0, 0.05) is 16.4 Å². The molecule has 0 saturated heterocycles. The maximum Gasteiger partial charge on any atom is 0.254 e. The molecule has 0 unspecified atom stereocenters. The van der Waals surface area contributed by atoms with E-state index in [2.05, 4.69) is 36.5 Å². The molecule has 0 bridgehead atoms. The van der Waals surface area contributed by atoms with Crippen LogP contribution in [0, 0.1) is 0 Å². The Hall–Kier alpha value is -2.93. The SMILES string of the molecule is NC(=O)c1cnc(Nc2ccccc2)nc1Nc1ccccc1Br. The largest absolute Gasteiger partial charge is 0.365 e. The van der Waals surface area contributed by atoms with Gasteiger partial charge >= 0.3 is 0 Å². The van der Waals surface area contributed by atoms with E-state index in [1.165, 1.54) is 6.20 Å². The van der Waals surface area contributed by atoms with Crippen molar-refractivity contribution < 1.29 is 4.79 Å². The maximum atomic E-state index is 11.6. The quantitative estimate of drug-likeness (QED) is 0.622. The van der Waals surface area contributed by atoms with Crippen LogP contribution in [0.3, 0.4) is 0 Å². The highest BCUT2D eigenvalue weighted by Crippen LogP contribution is 2.26. The van der Waals surface area contributed by atoms with Gasteiger partial charge in [0.25, 0.3) is 5.91 Å². The molecule has 1 heterocycles. The van der Waals surface area contributed by atoms with E-state index in [9.17, 15) is 4.79 Å². The average molecular weight is 384 g/mol. The van der Waals surface area contributed by atoms with Crippen LogP contribution in [0.1, 0.15) is 10.4 Å². The summed E-state index contributed by atoms with van der Waals surface area (Å²) in [7, 11) is 0. The molecule has 0 aliphatic carbocycles. The Morgan fingerprint density at radius 2 is 1.71 bits per heavy atom. The molecule has 24 heavy (non-hydrogen) atoms. The molecule has 3 aromatic rings. The van der Waals surface area contributed by atoms with Gasteiger partial charge in [-0.2, -0.15) is 4.98 Å². The van der Waals surface area contributed by atoms with Crippen molar-refractivity contribution in [2.24, 2.45) is 5.73 Å². The van der Waals surface area contributed by atoms with Crippen LogP contribution in [0.15, 0.2) is 65.3 Å². The van der Waals surface area contributed by atoms with Crippen molar-refractivity contribution in [1.29, 1.82) is 0 Å². The fourth-order valence-electron chi connectivity index (χ4n) is 2.06. The highest BCUT2D eigenvalue weighted by atomic mass is 79.9. The summed E-state index contributed by atoms with van der Waals surface area (Å²) in [5, 5.41) is 6.19. The smallest absolute Gasteiger partial charge is 0.254 e. The Labute approximate surface area is 147 Å². The van der Waals surface area contributed by atoms with Crippen molar-refractivity contribution in [3.05, 3.63) is 70.8 Å². The summed E-state index contributed by atoms with van der Waals surface area (Å²) in [5.74, 6) is 0.0967. The summed E-state index contributed by atoms with van der Waals surface area (Å²) < 4.78 is 0.844. The second-order valence-electron chi connectivity index (χ2n) is 4.92. The fraction of sp³-hybridized carbons (Fsp3) is 0. The number of para-hydroxylation sites is 2. The normalized spacial score (nSPS) is 10.2. The Kier molecular flexibility index (Phi) is 4.72. The molecule has 4 N–H and O–H groups in total. The zero-order chi connectivity index (χ0) is 16.9. The van der Waals surface area contributed by atoms with E-state index in [1.807, 2.05) is 54.6 Å². The zero-order valence-corrected chi connectivity index (χ0v) is 14.1. The van der Waals surface area contributed by atoms with Gasteiger partial charge in [0.05, 0.1) is 5.69 Å². The van der Waals surface area contributed by atoms with Crippen LogP contribution in [0.2, 0.25) is 0 Å². The average Bonchev–Trinajstić information content (AvgIpc) is 2.58. The lowest BCUT2D eigenvalue weighted by molar-refractivity contribution is 0.100. The molecule has 0 fully saturated rings. The van der Waals surface area contributed by atoms with Gasteiger partial charge in [0.15, 0.2) is 0 Å². The lowest BCUT2D eigenvalue weighted by Crippen LogP contribution is -2.15. The minimum atomic E-state index is -0.601. The summed E-state index contributed by atoms with van der Waals surface area (Å²) >= 11 is 3.45. The molecule has 0 atom stereocenters. The summed E-state index contributed by atoms with van der Waals surface area (Å²) in [6.07, 6.45) is 1.40. The first-order valence-electron chi connectivity index (χ1n) is 7.14. The molecular formula is C17H14BrN5O. The van der Waals surface area contributed by atoms with Crippen molar-refractivity contribution in [1.82, 2.24) is 9.97 Å². The van der Waals surface area contributed by atoms with Crippen molar-refractivity contribution in [2.45, 2.75) is 0 Å². The summed E-state index contributed by atoms with van der Waals surface area (Å²) in [5.41, 5.74) is 7.24. The van der Waals surface area contributed by atoms with Crippen LogP contribution < -0.4 is 16.4 Å². The highest BCUT2D eigenvalue weighted by molar-refractivity contribution is 9.10. The number of nitrogens with zero attached hydrogens (tertiary/aromatic N) is 2. The van der Waals surface area contributed by atoms with E-state index in [1.54, 1.807) is 0 Å². The molecule has 3 rings (SSSR count). The number of aromatic nitrogens is 2. The number of hydrogen-bond acceptors (Lipinski definition) is 5. The molecule has 0 saturated carbocycles. The Bertz CT molecular complexity index is 870. The lowest BCUT2D eigenvalue weighted by atomic mass is 10.2. The second kappa shape index (κ2) is 7.10. The predicted octanol–water partition coefficient (Wildman–Crippen LogP) is 3.83. The van der Waals surface area contributed by atoms with Crippen LogP contribution in [0.5, 0.6) is 0 Å². The Morgan fingerprint density at radius 3 is 2.42 bits per heavy atom. The minimum Gasteiger partial charge on any atom is -0.365 e. The van der Waals surface area contributed by atoms with Crippen molar-refractivity contribution >= 4 is 45.0 Å². The lowest BCUT2D eigenvalue weighted by Gasteiger charge is -2.12. The van der Waals surface area contributed by atoms with Gasteiger partial charge in [-0.1, -0.05) is 30.3 Å². The fourth-order valence-corrected chi connectivity index (χ4v) is 2.44. The maximum absolute atomic E-state index is 11.6. The van der Waals surface area contributed by atoms with E-state index >= 15 is 0 Å². The first kappa shape index (κ1) is 15.9. The van der Waals surface area contributed by atoms with Crippen LogP contribution in [-0.2, 0) is 0 Å². The zero-order valence-electron chi connectivity index (χ0n) is 12.5. The second-order valence-corrected chi connectivity index (χ2v) is 5.77. The Morgan fingerprint density at radius 1 is 1.00 bits per heavy atom. The number of nitrogens with two attached hydrogens (primary N) is 1. The Balaban J connectivity index is 1.94. The number of benzene rings is 2. The number of hydrogen-bond donors (Lipinski definition) is 3. The highest BCUT2D eigenvalue weighted by Gasteiger charge is 2.13. The van der Waals surface area contributed by atoms with Gasteiger partial charge in [-0.3, -0.25) is 4.79 Å². The number of carbonyl (C=O) groups excluding carboxylic acids is 1. The van der Waals surface area contributed by atoms with E-state index in [0.717, 1.165) is 15.8 Å².